The molecule has 0 heterocycles. The largest absolute Gasteiger partial charge is 0.480 e. The number of ether oxygens (including phenoxy) is 2. The summed E-state index contributed by atoms with van der Waals surface area (Å²) >= 11 is 0. The highest BCUT2D eigenvalue weighted by Crippen LogP contribution is 2.04. The van der Waals surface area contributed by atoms with E-state index in [0.29, 0.717) is 38.4 Å². The van der Waals surface area contributed by atoms with Crippen molar-refractivity contribution in [2.45, 2.75) is 25.0 Å². The molecule has 0 bridgehead atoms. The van der Waals surface area contributed by atoms with Gasteiger partial charge in [-0.25, -0.2) is 0 Å². The third kappa shape index (κ3) is 6.92. The van der Waals surface area contributed by atoms with E-state index in [2.05, 4.69) is 0 Å². The molecule has 2 unspecified atom stereocenters. The minimum Gasteiger partial charge on any atom is -0.480 e. The molecule has 0 amide bonds. The molecule has 0 aromatic heterocycles. The van der Waals surface area contributed by atoms with Crippen LogP contribution < -0.4 is 0 Å². The van der Waals surface area contributed by atoms with Crippen LogP contribution in [0.2, 0.25) is 0 Å². The van der Waals surface area contributed by atoms with Gasteiger partial charge in [0.1, 0.15) is 5.25 Å². The second-order valence-electron chi connectivity index (χ2n) is 3.28. The van der Waals surface area contributed by atoms with Crippen molar-refractivity contribution in [2.24, 2.45) is 0 Å². The van der Waals surface area contributed by atoms with Crippen LogP contribution in [0, 0.1) is 0 Å². The zero-order valence-corrected chi connectivity index (χ0v) is 10.6. The first-order chi connectivity index (χ1) is 7.63. The summed E-state index contributed by atoms with van der Waals surface area (Å²) in [6.45, 7) is 3.27. The lowest BCUT2D eigenvalue weighted by atomic mass is 10.3. The molecule has 0 rings (SSSR count). The maximum absolute atomic E-state index is 11.6. The Kier molecular flexibility index (Phi) is 9.46. The molecule has 5 nitrogen and oxygen atoms in total. The fourth-order valence-corrected chi connectivity index (χ4v) is 2.45. The molecule has 0 aliphatic rings. The van der Waals surface area contributed by atoms with Crippen LogP contribution in [0.4, 0.5) is 0 Å². The van der Waals surface area contributed by atoms with E-state index in [9.17, 15) is 9.00 Å². The highest BCUT2D eigenvalue weighted by Gasteiger charge is 2.21. The SMILES string of the molecule is CCC(C(=O)O)S(=O)CCCOCCOC. The summed E-state index contributed by atoms with van der Waals surface area (Å²) in [7, 11) is 0.288. The first kappa shape index (κ1) is 15.5. The van der Waals surface area contributed by atoms with Crippen LogP contribution in [0.5, 0.6) is 0 Å². The second kappa shape index (κ2) is 9.74. The molecule has 2 atom stereocenters. The number of carboxylic acid groups (broad SMARTS) is 1. The quantitative estimate of drug-likeness (QED) is 0.578. The van der Waals surface area contributed by atoms with Gasteiger partial charge in [0.15, 0.2) is 0 Å². The number of aliphatic carboxylic acids is 1. The van der Waals surface area contributed by atoms with Gasteiger partial charge in [-0.3, -0.25) is 9.00 Å². The summed E-state index contributed by atoms with van der Waals surface area (Å²) in [6.07, 6.45) is 1.01. The van der Waals surface area contributed by atoms with E-state index in [1.54, 1.807) is 14.0 Å². The van der Waals surface area contributed by atoms with Gasteiger partial charge in [-0.05, 0) is 12.8 Å². The van der Waals surface area contributed by atoms with Crippen LogP contribution in [-0.2, 0) is 25.1 Å². The smallest absolute Gasteiger partial charge is 0.319 e. The molecule has 0 aromatic carbocycles. The first-order valence-electron chi connectivity index (χ1n) is 5.30. The maximum atomic E-state index is 11.6. The van der Waals surface area contributed by atoms with Gasteiger partial charge in [0, 0.05) is 30.3 Å². The monoisotopic (exact) mass is 252 g/mol. The minimum absolute atomic E-state index is 0.373. The molecule has 0 aliphatic heterocycles. The van der Waals surface area contributed by atoms with Crippen molar-refractivity contribution < 1.29 is 23.6 Å². The summed E-state index contributed by atoms with van der Waals surface area (Å²) in [6, 6.07) is 0. The van der Waals surface area contributed by atoms with Crippen LogP contribution in [0.15, 0.2) is 0 Å². The van der Waals surface area contributed by atoms with Crippen molar-refractivity contribution >= 4 is 16.8 Å². The Morgan fingerprint density at radius 3 is 2.56 bits per heavy atom. The van der Waals surface area contributed by atoms with Gasteiger partial charge in [-0.2, -0.15) is 0 Å². The molecule has 6 heteroatoms. The summed E-state index contributed by atoms with van der Waals surface area (Å²) in [5.41, 5.74) is 0. The lowest BCUT2D eigenvalue weighted by Crippen LogP contribution is -2.26. The highest BCUT2D eigenvalue weighted by atomic mass is 32.2. The summed E-state index contributed by atoms with van der Waals surface area (Å²) in [4.78, 5) is 10.7. The number of carbonyl (C=O) groups is 1. The van der Waals surface area contributed by atoms with Gasteiger partial charge in [-0.15, -0.1) is 0 Å². The third-order valence-corrected chi connectivity index (χ3v) is 3.89. The molecular weight excluding hydrogens is 232 g/mol. The highest BCUT2D eigenvalue weighted by molar-refractivity contribution is 7.86. The van der Waals surface area contributed by atoms with E-state index in [4.69, 9.17) is 14.6 Å². The molecule has 0 aromatic rings. The van der Waals surface area contributed by atoms with E-state index in [1.807, 2.05) is 0 Å². The lowest BCUT2D eigenvalue weighted by molar-refractivity contribution is -0.136. The second-order valence-corrected chi connectivity index (χ2v) is 5.02. The Balaban J connectivity index is 3.60. The Bertz CT molecular complexity index is 219. The summed E-state index contributed by atoms with van der Waals surface area (Å²) < 4.78 is 21.5. The van der Waals surface area contributed by atoms with E-state index in [0.717, 1.165) is 0 Å². The molecule has 0 fully saturated rings. The van der Waals surface area contributed by atoms with Crippen molar-refractivity contribution in [3.8, 4) is 0 Å². The number of hydrogen-bond donors (Lipinski definition) is 1. The zero-order valence-electron chi connectivity index (χ0n) is 9.81. The Morgan fingerprint density at radius 2 is 2.06 bits per heavy atom. The fourth-order valence-electron chi connectivity index (χ4n) is 1.16. The Hall–Kier alpha value is -0.460. The van der Waals surface area contributed by atoms with E-state index >= 15 is 0 Å². The van der Waals surface area contributed by atoms with Crippen LogP contribution in [0.1, 0.15) is 19.8 Å². The number of hydrogen-bond acceptors (Lipinski definition) is 4. The zero-order chi connectivity index (χ0) is 12.4. The van der Waals surface area contributed by atoms with E-state index in [1.165, 1.54) is 0 Å². The number of carboxylic acids is 1. The van der Waals surface area contributed by atoms with Gasteiger partial charge in [-0.1, -0.05) is 6.92 Å². The van der Waals surface area contributed by atoms with Crippen molar-refractivity contribution in [3.63, 3.8) is 0 Å². The predicted octanol–water partition coefficient (Wildman–Crippen LogP) is 0.651. The maximum Gasteiger partial charge on any atom is 0.319 e. The van der Waals surface area contributed by atoms with Crippen LogP contribution in [0.3, 0.4) is 0 Å². The normalized spacial score (nSPS) is 14.6. The molecule has 96 valence electrons. The van der Waals surface area contributed by atoms with Crippen LogP contribution in [0.25, 0.3) is 0 Å². The van der Waals surface area contributed by atoms with E-state index in [-0.39, 0.29) is 0 Å². The average Bonchev–Trinajstić information content (AvgIpc) is 2.23. The minimum atomic E-state index is -1.31. The Morgan fingerprint density at radius 1 is 1.38 bits per heavy atom. The molecule has 0 radical (unpaired) electrons. The molecule has 1 N–H and O–H groups in total. The van der Waals surface area contributed by atoms with Gasteiger partial charge in [0.2, 0.25) is 0 Å². The molecule has 0 spiro atoms. The van der Waals surface area contributed by atoms with Crippen LogP contribution in [-0.4, -0.2) is 53.2 Å². The number of rotatable bonds is 10. The van der Waals surface area contributed by atoms with Gasteiger partial charge in [0.25, 0.3) is 0 Å². The Labute approximate surface area is 98.6 Å². The summed E-state index contributed by atoms with van der Waals surface area (Å²) in [5, 5.41) is 8.02. The molecule has 0 saturated carbocycles. The molecule has 0 aliphatic carbocycles. The topological polar surface area (TPSA) is 72.8 Å². The van der Waals surface area contributed by atoms with Crippen molar-refractivity contribution in [3.05, 3.63) is 0 Å². The van der Waals surface area contributed by atoms with Crippen LogP contribution >= 0.6 is 0 Å². The lowest BCUT2D eigenvalue weighted by Gasteiger charge is -2.09. The van der Waals surface area contributed by atoms with E-state index < -0.39 is 22.0 Å². The first-order valence-corrected chi connectivity index (χ1v) is 6.68. The van der Waals surface area contributed by atoms with Crippen molar-refractivity contribution in [1.29, 1.82) is 0 Å². The fraction of sp³-hybridized carbons (Fsp3) is 0.900. The standard InChI is InChI=1S/C10H20O5S/c1-3-9(10(11)12)16(13)8-4-5-15-7-6-14-2/h9H,3-8H2,1-2H3,(H,11,12). The molecule has 16 heavy (non-hydrogen) atoms. The summed E-state index contributed by atoms with van der Waals surface area (Å²) in [5.74, 6) is -0.612. The van der Waals surface area contributed by atoms with Crippen molar-refractivity contribution in [2.75, 3.05) is 32.7 Å². The third-order valence-electron chi connectivity index (χ3n) is 2.03. The molecule has 0 saturated heterocycles. The molecular formula is C10H20O5S. The van der Waals surface area contributed by atoms with Gasteiger partial charge in [0.05, 0.1) is 13.2 Å². The predicted molar refractivity (Wildman–Crippen MR) is 62.0 cm³/mol. The number of methoxy groups -OCH3 is 1. The van der Waals surface area contributed by atoms with Crippen molar-refractivity contribution in [1.82, 2.24) is 0 Å². The average molecular weight is 252 g/mol. The van der Waals surface area contributed by atoms with Gasteiger partial charge < -0.3 is 14.6 Å². The van der Waals surface area contributed by atoms with Gasteiger partial charge >= 0.3 is 5.97 Å².